The van der Waals surface area contributed by atoms with Crippen molar-refractivity contribution in [2.24, 2.45) is 5.92 Å². The zero-order valence-corrected chi connectivity index (χ0v) is 17.7. The van der Waals surface area contributed by atoms with E-state index in [1.165, 1.54) is 11.1 Å². The predicted octanol–water partition coefficient (Wildman–Crippen LogP) is 4.62. The van der Waals surface area contributed by atoms with Gasteiger partial charge in [0, 0.05) is 19.7 Å². The molecule has 1 aliphatic rings. The van der Waals surface area contributed by atoms with E-state index < -0.39 is 6.10 Å². The molecule has 4 heteroatoms. The molecule has 3 rings (SSSR count). The number of ether oxygens (including phenoxy) is 2. The Morgan fingerprint density at radius 2 is 1.55 bits per heavy atom. The third kappa shape index (κ3) is 6.93. The average molecular weight is 398 g/mol. The molecule has 0 amide bonds. The zero-order chi connectivity index (χ0) is 20.5. The van der Waals surface area contributed by atoms with Crippen molar-refractivity contribution in [3.05, 3.63) is 71.8 Å². The maximum Gasteiger partial charge on any atom is 0.157 e. The highest BCUT2D eigenvalue weighted by molar-refractivity contribution is 5.17. The Bertz CT molecular complexity index is 644. The first-order valence-electron chi connectivity index (χ1n) is 10.9. The topological polar surface area (TPSA) is 41.9 Å². The molecule has 2 aromatic carbocycles. The van der Waals surface area contributed by atoms with Crippen molar-refractivity contribution in [2.75, 3.05) is 13.2 Å². The molecule has 1 unspecified atom stereocenters. The second-order valence-corrected chi connectivity index (χ2v) is 8.31. The summed E-state index contributed by atoms with van der Waals surface area (Å²) >= 11 is 0. The second kappa shape index (κ2) is 11.5. The van der Waals surface area contributed by atoms with Crippen molar-refractivity contribution in [2.45, 2.75) is 64.6 Å². The number of aliphatic hydroxyl groups is 1. The molecule has 1 N–H and O–H groups in total. The van der Waals surface area contributed by atoms with E-state index in [2.05, 4.69) is 67.3 Å². The standard InChI is InChI=1S/C25H35NO3/c1-20(2)25(27)23(19-29-24-15-9-10-16-28-24)26(17-21-11-5-3-6-12-21)18-22-13-7-4-8-14-22/h3-8,11-14,20,23-25,27H,9-10,15-19H2,1-2H3/t23-,24?,25+/m0/s1. The zero-order valence-electron chi connectivity index (χ0n) is 17.7. The van der Waals surface area contributed by atoms with Gasteiger partial charge in [0.25, 0.3) is 0 Å². The SMILES string of the molecule is CC(C)[C@@H](O)[C@H](COC1CCCCO1)N(Cc1ccccc1)Cc1ccccc1. The number of hydrogen-bond donors (Lipinski definition) is 1. The Kier molecular flexibility index (Phi) is 8.69. The molecule has 3 atom stereocenters. The number of hydrogen-bond acceptors (Lipinski definition) is 4. The van der Waals surface area contributed by atoms with E-state index in [-0.39, 0.29) is 18.2 Å². The quantitative estimate of drug-likeness (QED) is 0.635. The van der Waals surface area contributed by atoms with E-state index in [1.54, 1.807) is 0 Å². The van der Waals surface area contributed by atoms with Gasteiger partial charge >= 0.3 is 0 Å². The van der Waals surface area contributed by atoms with Crippen molar-refractivity contribution < 1.29 is 14.6 Å². The van der Waals surface area contributed by atoms with Crippen molar-refractivity contribution >= 4 is 0 Å². The fourth-order valence-electron chi connectivity index (χ4n) is 3.84. The first-order chi connectivity index (χ1) is 14.1. The summed E-state index contributed by atoms with van der Waals surface area (Å²) in [5, 5.41) is 11.1. The molecule has 0 bridgehead atoms. The molecule has 2 aromatic rings. The van der Waals surface area contributed by atoms with Gasteiger partial charge in [-0.05, 0) is 36.3 Å². The first-order valence-corrected chi connectivity index (χ1v) is 10.9. The van der Waals surface area contributed by atoms with Crippen LogP contribution in [0.1, 0.15) is 44.2 Å². The summed E-state index contributed by atoms with van der Waals surface area (Å²) in [6, 6.07) is 20.8. The maximum absolute atomic E-state index is 11.1. The second-order valence-electron chi connectivity index (χ2n) is 8.31. The molecule has 1 fully saturated rings. The van der Waals surface area contributed by atoms with E-state index in [9.17, 15) is 5.11 Å². The molecule has 1 heterocycles. The molecule has 4 nitrogen and oxygen atoms in total. The van der Waals surface area contributed by atoms with Crippen LogP contribution in [-0.4, -0.2) is 41.7 Å². The highest BCUT2D eigenvalue weighted by atomic mass is 16.7. The molecule has 158 valence electrons. The molecule has 1 aliphatic heterocycles. The van der Waals surface area contributed by atoms with Crippen LogP contribution in [0.4, 0.5) is 0 Å². The molecule has 1 saturated heterocycles. The van der Waals surface area contributed by atoms with Gasteiger partial charge in [0.1, 0.15) is 0 Å². The third-order valence-corrected chi connectivity index (χ3v) is 5.59. The van der Waals surface area contributed by atoms with Gasteiger partial charge in [-0.2, -0.15) is 0 Å². The number of rotatable bonds is 10. The molecule has 29 heavy (non-hydrogen) atoms. The van der Waals surface area contributed by atoms with Crippen molar-refractivity contribution in [1.29, 1.82) is 0 Å². The maximum atomic E-state index is 11.1. The minimum Gasteiger partial charge on any atom is -0.391 e. The van der Waals surface area contributed by atoms with Crippen LogP contribution in [-0.2, 0) is 22.6 Å². The van der Waals surface area contributed by atoms with Crippen LogP contribution < -0.4 is 0 Å². The van der Waals surface area contributed by atoms with Gasteiger partial charge in [-0.1, -0.05) is 74.5 Å². The average Bonchev–Trinajstić information content (AvgIpc) is 2.76. The smallest absolute Gasteiger partial charge is 0.157 e. The molecular weight excluding hydrogens is 362 g/mol. The van der Waals surface area contributed by atoms with Crippen LogP contribution in [0.5, 0.6) is 0 Å². The van der Waals surface area contributed by atoms with E-state index in [4.69, 9.17) is 9.47 Å². The van der Waals surface area contributed by atoms with Gasteiger partial charge in [-0.15, -0.1) is 0 Å². The molecule has 0 aliphatic carbocycles. The lowest BCUT2D eigenvalue weighted by molar-refractivity contribution is -0.179. The molecular formula is C25H35NO3. The minimum atomic E-state index is -0.481. The van der Waals surface area contributed by atoms with Crippen LogP contribution in [0.15, 0.2) is 60.7 Å². The predicted molar refractivity (Wildman–Crippen MR) is 116 cm³/mol. The van der Waals surface area contributed by atoms with Crippen LogP contribution in [0, 0.1) is 5.92 Å². The monoisotopic (exact) mass is 397 g/mol. The Morgan fingerprint density at radius 3 is 2.03 bits per heavy atom. The van der Waals surface area contributed by atoms with Crippen LogP contribution >= 0.6 is 0 Å². The van der Waals surface area contributed by atoms with Gasteiger partial charge < -0.3 is 14.6 Å². The molecule has 0 spiro atoms. The first kappa shape index (κ1) is 22.0. The van der Waals surface area contributed by atoms with Crippen molar-refractivity contribution in [3.63, 3.8) is 0 Å². The van der Waals surface area contributed by atoms with Crippen molar-refractivity contribution in [3.8, 4) is 0 Å². The molecule has 0 radical (unpaired) electrons. The highest BCUT2D eigenvalue weighted by Gasteiger charge is 2.30. The summed E-state index contributed by atoms with van der Waals surface area (Å²) in [6.07, 6.45) is 2.54. The largest absolute Gasteiger partial charge is 0.391 e. The summed E-state index contributed by atoms with van der Waals surface area (Å²) in [5.41, 5.74) is 2.47. The minimum absolute atomic E-state index is 0.110. The normalized spacial score (nSPS) is 19.4. The van der Waals surface area contributed by atoms with E-state index >= 15 is 0 Å². The molecule has 0 aromatic heterocycles. The summed E-state index contributed by atoms with van der Waals surface area (Å²) in [6.45, 7) is 6.89. The Balaban J connectivity index is 1.78. The van der Waals surface area contributed by atoms with Crippen LogP contribution in [0.3, 0.4) is 0 Å². The Hall–Kier alpha value is -1.72. The lowest BCUT2D eigenvalue weighted by Gasteiger charge is -2.37. The number of nitrogens with zero attached hydrogens (tertiary/aromatic N) is 1. The lowest BCUT2D eigenvalue weighted by atomic mass is 9.97. The fraction of sp³-hybridized carbons (Fsp3) is 0.520. The summed E-state index contributed by atoms with van der Waals surface area (Å²) in [4.78, 5) is 2.35. The van der Waals surface area contributed by atoms with Gasteiger partial charge in [0.05, 0.1) is 18.8 Å². The van der Waals surface area contributed by atoms with Crippen LogP contribution in [0.2, 0.25) is 0 Å². The third-order valence-electron chi connectivity index (χ3n) is 5.59. The Labute approximate surface area is 175 Å². The van der Waals surface area contributed by atoms with Gasteiger partial charge in [-0.25, -0.2) is 0 Å². The summed E-state index contributed by atoms with van der Waals surface area (Å²) in [5.74, 6) is 0.143. The van der Waals surface area contributed by atoms with E-state index in [1.807, 2.05) is 12.1 Å². The summed E-state index contributed by atoms with van der Waals surface area (Å²) in [7, 11) is 0. The Morgan fingerprint density at radius 1 is 0.966 bits per heavy atom. The highest BCUT2D eigenvalue weighted by Crippen LogP contribution is 2.22. The van der Waals surface area contributed by atoms with Gasteiger partial charge in [-0.3, -0.25) is 4.90 Å². The number of benzene rings is 2. The van der Waals surface area contributed by atoms with Gasteiger partial charge in [0.15, 0.2) is 6.29 Å². The van der Waals surface area contributed by atoms with Gasteiger partial charge in [0.2, 0.25) is 0 Å². The molecule has 0 saturated carbocycles. The number of aliphatic hydroxyl groups excluding tert-OH is 1. The van der Waals surface area contributed by atoms with E-state index in [0.29, 0.717) is 6.61 Å². The fourth-order valence-corrected chi connectivity index (χ4v) is 3.84. The van der Waals surface area contributed by atoms with Crippen molar-refractivity contribution in [1.82, 2.24) is 4.90 Å². The van der Waals surface area contributed by atoms with Crippen LogP contribution in [0.25, 0.3) is 0 Å². The summed E-state index contributed by atoms with van der Waals surface area (Å²) < 4.78 is 11.9. The van der Waals surface area contributed by atoms with E-state index in [0.717, 1.165) is 39.0 Å². The lowest BCUT2D eigenvalue weighted by Crippen LogP contribution is -2.48.